The molecule has 5 nitrogen and oxygen atoms in total. The van der Waals surface area contributed by atoms with Crippen LogP contribution in [0.4, 0.5) is 11.4 Å². The molecule has 0 saturated carbocycles. The number of nitro benzene ring substituents is 1. The summed E-state index contributed by atoms with van der Waals surface area (Å²) in [5.74, 6) is -0.317. The van der Waals surface area contributed by atoms with E-state index >= 15 is 0 Å². The summed E-state index contributed by atoms with van der Waals surface area (Å²) in [5, 5.41) is 14.0. The average molecular weight is 528 g/mol. The molecule has 0 aliphatic carbocycles. The van der Waals surface area contributed by atoms with Crippen LogP contribution in [0.5, 0.6) is 0 Å². The summed E-state index contributed by atoms with van der Waals surface area (Å²) < 4.78 is 1.10. The lowest BCUT2D eigenvalue weighted by Crippen LogP contribution is -2.17. The molecule has 0 aromatic heterocycles. The first-order valence-corrected chi connectivity index (χ1v) is 11.1. The highest BCUT2D eigenvalue weighted by atomic mass is 127. The second-order valence-corrected chi connectivity index (χ2v) is 9.78. The van der Waals surface area contributed by atoms with Crippen LogP contribution in [0.2, 0.25) is 0 Å². The van der Waals surface area contributed by atoms with Crippen LogP contribution in [0, 0.1) is 13.7 Å². The monoisotopic (exact) mass is 528 g/mol. The van der Waals surface area contributed by atoms with Crippen LogP contribution in [0.3, 0.4) is 0 Å². The molecule has 0 radical (unpaired) electrons. The highest BCUT2D eigenvalue weighted by molar-refractivity contribution is 14.1. The molecule has 0 fully saturated rings. The molecule has 31 heavy (non-hydrogen) atoms. The number of rotatable bonds is 6. The number of benzene rings is 3. The van der Waals surface area contributed by atoms with Gasteiger partial charge in [-0.3, -0.25) is 14.9 Å². The third-order valence-corrected chi connectivity index (χ3v) is 5.92. The lowest BCUT2D eigenvalue weighted by molar-refractivity contribution is -0.384. The van der Waals surface area contributed by atoms with Crippen LogP contribution in [-0.4, -0.2) is 10.8 Å². The number of non-ortho nitro benzene ring substituents is 1. The van der Waals surface area contributed by atoms with Gasteiger partial charge in [0.25, 0.3) is 5.69 Å². The van der Waals surface area contributed by atoms with Gasteiger partial charge in [-0.1, -0.05) is 57.2 Å². The topological polar surface area (TPSA) is 72.2 Å². The van der Waals surface area contributed by atoms with Gasteiger partial charge >= 0.3 is 0 Å². The fourth-order valence-electron chi connectivity index (χ4n) is 3.40. The summed E-state index contributed by atoms with van der Waals surface area (Å²) in [4.78, 5) is 23.4. The van der Waals surface area contributed by atoms with Gasteiger partial charge in [0, 0.05) is 33.7 Å². The van der Waals surface area contributed by atoms with Gasteiger partial charge < -0.3 is 5.32 Å². The van der Waals surface area contributed by atoms with Crippen LogP contribution in [0.25, 0.3) is 0 Å². The lowest BCUT2D eigenvalue weighted by Gasteiger charge is -2.22. The van der Waals surface area contributed by atoms with E-state index in [4.69, 9.17) is 0 Å². The molecule has 0 spiro atoms. The minimum atomic E-state index is -0.416. The van der Waals surface area contributed by atoms with Gasteiger partial charge in [0.05, 0.1) is 4.92 Å². The second-order valence-electron chi connectivity index (χ2n) is 8.53. The maximum absolute atomic E-state index is 12.8. The van der Waals surface area contributed by atoms with Crippen molar-refractivity contribution in [2.24, 2.45) is 0 Å². The number of nitro groups is 1. The van der Waals surface area contributed by atoms with E-state index in [1.165, 1.54) is 17.7 Å². The van der Waals surface area contributed by atoms with Crippen LogP contribution in [0.15, 0.2) is 72.8 Å². The molecule has 6 heteroatoms. The third-order valence-electron chi connectivity index (χ3n) is 5.20. The van der Waals surface area contributed by atoms with E-state index in [0.29, 0.717) is 0 Å². The number of anilines is 1. The first-order chi connectivity index (χ1) is 14.6. The molecule has 0 heterocycles. The first-order valence-electron chi connectivity index (χ1n) is 10.0. The Bertz CT molecular complexity index is 1050. The third kappa shape index (κ3) is 6.13. The highest BCUT2D eigenvalue weighted by Gasteiger charge is 2.21. The van der Waals surface area contributed by atoms with Gasteiger partial charge in [0.15, 0.2) is 0 Å². The number of amides is 1. The predicted octanol–water partition coefficient (Wildman–Crippen LogP) is 6.66. The number of carbonyl (C=O) groups is 1. The van der Waals surface area contributed by atoms with Crippen LogP contribution in [0.1, 0.15) is 49.8 Å². The molecule has 3 aromatic rings. The van der Waals surface area contributed by atoms with Crippen molar-refractivity contribution in [3.8, 4) is 0 Å². The Morgan fingerprint density at radius 1 is 0.935 bits per heavy atom. The zero-order valence-electron chi connectivity index (χ0n) is 17.8. The Morgan fingerprint density at radius 2 is 1.45 bits per heavy atom. The van der Waals surface area contributed by atoms with E-state index in [9.17, 15) is 14.9 Å². The summed E-state index contributed by atoms with van der Waals surface area (Å²) in [7, 11) is 0. The molecule has 3 aromatic carbocycles. The number of hydrogen-bond acceptors (Lipinski definition) is 3. The molecule has 0 aliphatic rings. The van der Waals surface area contributed by atoms with Gasteiger partial charge in [0.1, 0.15) is 0 Å². The smallest absolute Gasteiger partial charge is 0.269 e. The molecule has 1 unspecified atom stereocenters. The van der Waals surface area contributed by atoms with E-state index < -0.39 is 4.92 Å². The lowest BCUT2D eigenvalue weighted by atomic mass is 9.83. The predicted molar refractivity (Wildman–Crippen MR) is 132 cm³/mol. The summed E-state index contributed by atoms with van der Waals surface area (Å²) in [6.45, 7) is 6.47. The van der Waals surface area contributed by atoms with Crippen molar-refractivity contribution in [1.29, 1.82) is 0 Å². The molecule has 0 bridgehead atoms. The maximum atomic E-state index is 12.8. The fourth-order valence-corrected chi connectivity index (χ4v) is 3.76. The van der Waals surface area contributed by atoms with Crippen molar-refractivity contribution in [2.75, 3.05) is 5.32 Å². The van der Waals surface area contributed by atoms with E-state index in [1.54, 1.807) is 12.1 Å². The van der Waals surface area contributed by atoms with Crippen molar-refractivity contribution in [3.63, 3.8) is 0 Å². The van der Waals surface area contributed by atoms with Crippen molar-refractivity contribution in [3.05, 3.63) is 103 Å². The van der Waals surface area contributed by atoms with E-state index in [2.05, 4.69) is 60.8 Å². The van der Waals surface area contributed by atoms with Crippen LogP contribution in [-0.2, 0) is 10.2 Å². The van der Waals surface area contributed by atoms with Crippen molar-refractivity contribution in [1.82, 2.24) is 0 Å². The summed E-state index contributed by atoms with van der Waals surface area (Å²) in [5.41, 5.74) is 3.89. The minimum Gasteiger partial charge on any atom is -0.326 e. The number of hydrogen-bond donors (Lipinski definition) is 1. The molecular weight excluding hydrogens is 503 g/mol. The molecule has 1 atom stereocenters. The molecule has 0 saturated heterocycles. The largest absolute Gasteiger partial charge is 0.326 e. The van der Waals surface area contributed by atoms with E-state index in [0.717, 1.165) is 20.4 Å². The first kappa shape index (κ1) is 22.9. The minimum absolute atomic E-state index is 0.0313. The standard InChI is InChI=1S/C25H25IN2O3/c1-25(2,3)19-8-4-17(5-9-19)23(18-6-14-22(15-7-18)28(30)31)16-24(29)27-21-12-10-20(26)11-13-21/h4-15,23H,16H2,1-3H3,(H,27,29). The zero-order chi connectivity index (χ0) is 22.6. The fraction of sp³-hybridized carbons (Fsp3) is 0.240. The number of halogens is 1. The highest BCUT2D eigenvalue weighted by Crippen LogP contribution is 2.32. The Balaban J connectivity index is 1.89. The van der Waals surface area contributed by atoms with Crippen molar-refractivity contribution in [2.45, 2.75) is 38.5 Å². The second kappa shape index (κ2) is 9.60. The Morgan fingerprint density at radius 3 is 1.94 bits per heavy atom. The number of nitrogens with zero attached hydrogens (tertiary/aromatic N) is 1. The van der Waals surface area contributed by atoms with Crippen molar-refractivity contribution >= 4 is 39.9 Å². The van der Waals surface area contributed by atoms with Crippen molar-refractivity contribution < 1.29 is 9.72 Å². The van der Waals surface area contributed by atoms with Gasteiger partial charge in [-0.25, -0.2) is 0 Å². The molecule has 0 aliphatic heterocycles. The van der Waals surface area contributed by atoms with Gasteiger partial charge in [-0.15, -0.1) is 0 Å². The summed E-state index contributed by atoms with van der Waals surface area (Å²) >= 11 is 2.22. The molecule has 1 N–H and O–H groups in total. The van der Waals surface area contributed by atoms with Gasteiger partial charge in [0.2, 0.25) is 5.91 Å². The molecule has 3 rings (SSSR count). The normalized spacial score (nSPS) is 12.3. The molecule has 160 valence electrons. The average Bonchev–Trinajstić information content (AvgIpc) is 2.73. The van der Waals surface area contributed by atoms with Gasteiger partial charge in [-0.2, -0.15) is 0 Å². The van der Waals surface area contributed by atoms with Crippen LogP contribution < -0.4 is 5.32 Å². The Hall–Kier alpha value is -2.74. The maximum Gasteiger partial charge on any atom is 0.269 e. The Labute approximate surface area is 196 Å². The SMILES string of the molecule is CC(C)(C)c1ccc(C(CC(=O)Nc2ccc(I)cc2)c2ccc([N+](=O)[O-])cc2)cc1. The summed E-state index contributed by atoms with van der Waals surface area (Å²) in [6, 6.07) is 22.3. The quantitative estimate of drug-likeness (QED) is 0.221. The molecule has 1 amide bonds. The Kier molecular flexibility index (Phi) is 7.10. The molecular formula is C25H25IN2O3. The van der Waals surface area contributed by atoms with Crippen LogP contribution >= 0.6 is 22.6 Å². The number of carbonyl (C=O) groups excluding carboxylic acids is 1. The number of nitrogens with one attached hydrogen (secondary N) is 1. The van der Waals surface area contributed by atoms with Gasteiger partial charge in [-0.05, 0) is 69.0 Å². The summed E-state index contributed by atoms with van der Waals surface area (Å²) in [6.07, 6.45) is 0.235. The van der Waals surface area contributed by atoms with E-state index in [1.807, 2.05) is 36.4 Å². The zero-order valence-corrected chi connectivity index (χ0v) is 19.9. The van der Waals surface area contributed by atoms with E-state index in [-0.39, 0.29) is 29.3 Å².